The van der Waals surface area contributed by atoms with Crippen LogP contribution in [-0.4, -0.2) is 15.6 Å². The Morgan fingerprint density at radius 1 is 1.22 bits per heavy atom. The quantitative estimate of drug-likeness (QED) is 0.631. The van der Waals surface area contributed by atoms with Gasteiger partial charge in [-0.15, -0.1) is 5.10 Å². The first-order chi connectivity index (χ1) is 11.2. The Morgan fingerprint density at radius 3 is 2.78 bits per heavy atom. The van der Waals surface area contributed by atoms with Gasteiger partial charge in [0.05, 0.1) is 6.26 Å². The van der Waals surface area contributed by atoms with Crippen molar-refractivity contribution in [2.24, 2.45) is 0 Å². The summed E-state index contributed by atoms with van der Waals surface area (Å²) in [5.41, 5.74) is 1.01. The summed E-state index contributed by atoms with van der Waals surface area (Å²) in [5.74, 6) is 0.194. The van der Waals surface area contributed by atoms with Gasteiger partial charge in [0, 0.05) is 17.1 Å². The van der Waals surface area contributed by atoms with E-state index in [1.807, 2.05) is 30.3 Å². The van der Waals surface area contributed by atoms with Crippen LogP contribution in [0, 0.1) is 0 Å². The van der Waals surface area contributed by atoms with Crippen molar-refractivity contribution in [1.82, 2.24) is 9.59 Å². The fourth-order valence-electron chi connectivity index (χ4n) is 1.79. The molecule has 2 heterocycles. The Balaban J connectivity index is 1.61. The SMILES string of the molecule is O=C(OCc1nnsc1Cl)c1occc1COc1ccccc1. The van der Waals surface area contributed by atoms with Gasteiger partial charge in [-0.2, -0.15) is 0 Å². The Labute approximate surface area is 140 Å². The second-order valence-electron chi connectivity index (χ2n) is 4.45. The third-order valence-electron chi connectivity index (χ3n) is 2.92. The Bertz CT molecular complexity index is 788. The van der Waals surface area contributed by atoms with E-state index < -0.39 is 5.97 Å². The van der Waals surface area contributed by atoms with Crippen LogP contribution in [-0.2, 0) is 18.0 Å². The van der Waals surface area contributed by atoms with E-state index in [1.54, 1.807) is 6.07 Å². The predicted molar refractivity (Wildman–Crippen MR) is 83.5 cm³/mol. The molecule has 0 bridgehead atoms. The largest absolute Gasteiger partial charge is 0.489 e. The minimum atomic E-state index is -0.606. The molecule has 118 valence electrons. The highest BCUT2D eigenvalue weighted by molar-refractivity contribution is 7.10. The van der Waals surface area contributed by atoms with E-state index in [0.29, 0.717) is 21.3 Å². The summed E-state index contributed by atoms with van der Waals surface area (Å²) in [5, 5.41) is 3.77. The van der Waals surface area contributed by atoms with Gasteiger partial charge < -0.3 is 13.9 Å². The van der Waals surface area contributed by atoms with E-state index in [1.165, 1.54) is 6.26 Å². The minimum Gasteiger partial charge on any atom is -0.489 e. The number of rotatable bonds is 6. The number of ether oxygens (including phenoxy) is 2. The van der Waals surface area contributed by atoms with Crippen molar-refractivity contribution >= 4 is 29.1 Å². The normalized spacial score (nSPS) is 10.5. The summed E-state index contributed by atoms with van der Waals surface area (Å²) in [4.78, 5) is 12.1. The van der Waals surface area contributed by atoms with Crippen molar-refractivity contribution < 1.29 is 18.7 Å². The average molecular weight is 351 g/mol. The summed E-state index contributed by atoms with van der Waals surface area (Å²) in [7, 11) is 0. The number of nitrogens with zero attached hydrogens (tertiary/aromatic N) is 2. The maximum absolute atomic E-state index is 12.1. The lowest BCUT2D eigenvalue weighted by molar-refractivity contribution is 0.0427. The first kappa shape index (κ1) is 15.5. The van der Waals surface area contributed by atoms with Crippen LogP contribution in [0.2, 0.25) is 4.34 Å². The lowest BCUT2D eigenvalue weighted by Crippen LogP contribution is -2.08. The number of carbonyl (C=O) groups excluding carboxylic acids is 1. The summed E-state index contributed by atoms with van der Waals surface area (Å²) < 4.78 is 20.0. The Kier molecular flexibility index (Phi) is 4.89. The van der Waals surface area contributed by atoms with Crippen molar-refractivity contribution in [3.05, 3.63) is 64.0 Å². The molecule has 3 aromatic rings. The minimum absolute atomic E-state index is 0.0617. The second kappa shape index (κ2) is 7.26. The first-order valence-electron chi connectivity index (χ1n) is 6.62. The fourth-order valence-corrected chi connectivity index (χ4v) is 2.39. The molecule has 0 fully saturated rings. The molecule has 0 unspecified atom stereocenters. The van der Waals surface area contributed by atoms with Gasteiger partial charge in [0.1, 0.15) is 29.0 Å². The van der Waals surface area contributed by atoms with E-state index in [2.05, 4.69) is 9.59 Å². The molecule has 0 N–H and O–H groups in total. The molecule has 0 saturated heterocycles. The molecule has 0 aliphatic heterocycles. The number of carbonyl (C=O) groups is 1. The maximum Gasteiger partial charge on any atom is 0.375 e. The van der Waals surface area contributed by atoms with E-state index in [9.17, 15) is 4.79 Å². The lowest BCUT2D eigenvalue weighted by Gasteiger charge is -2.06. The van der Waals surface area contributed by atoms with E-state index >= 15 is 0 Å². The molecule has 1 aromatic carbocycles. The maximum atomic E-state index is 12.1. The average Bonchev–Trinajstić information content (AvgIpc) is 3.20. The zero-order chi connectivity index (χ0) is 16.1. The summed E-state index contributed by atoms with van der Waals surface area (Å²) >= 11 is 6.89. The molecule has 0 aliphatic carbocycles. The smallest absolute Gasteiger partial charge is 0.375 e. The van der Waals surface area contributed by atoms with Crippen LogP contribution in [0.4, 0.5) is 0 Å². The van der Waals surface area contributed by atoms with Gasteiger partial charge in [-0.1, -0.05) is 34.3 Å². The van der Waals surface area contributed by atoms with Crippen molar-refractivity contribution in [2.75, 3.05) is 0 Å². The number of esters is 1. The molecule has 0 aliphatic rings. The lowest BCUT2D eigenvalue weighted by atomic mass is 10.2. The summed E-state index contributed by atoms with van der Waals surface area (Å²) in [6.07, 6.45) is 1.41. The van der Waals surface area contributed by atoms with Gasteiger partial charge in [-0.3, -0.25) is 0 Å². The van der Waals surface area contributed by atoms with Crippen LogP contribution in [0.1, 0.15) is 21.8 Å². The fraction of sp³-hybridized carbons (Fsp3) is 0.133. The number of hydrogen-bond acceptors (Lipinski definition) is 7. The van der Waals surface area contributed by atoms with Gasteiger partial charge in [0.25, 0.3) is 0 Å². The molecule has 0 atom stereocenters. The van der Waals surface area contributed by atoms with Crippen LogP contribution >= 0.6 is 23.1 Å². The third-order valence-corrected chi connectivity index (χ3v) is 3.90. The highest BCUT2D eigenvalue weighted by Crippen LogP contribution is 2.20. The van der Waals surface area contributed by atoms with Crippen LogP contribution in [0.5, 0.6) is 5.75 Å². The molecule has 0 spiro atoms. The van der Waals surface area contributed by atoms with Crippen molar-refractivity contribution in [3.63, 3.8) is 0 Å². The van der Waals surface area contributed by atoms with Crippen molar-refractivity contribution in [1.29, 1.82) is 0 Å². The van der Waals surface area contributed by atoms with Gasteiger partial charge >= 0.3 is 5.97 Å². The molecule has 3 rings (SSSR count). The second-order valence-corrected chi connectivity index (χ2v) is 5.80. The monoisotopic (exact) mass is 350 g/mol. The standard InChI is InChI=1S/C15H11ClN2O4S/c16-14-12(17-18-23-14)9-22-15(19)13-10(6-7-20-13)8-21-11-4-2-1-3-5-11/h1-7H,8-9H2. The number of para-hydroxylation sites is 1. The molecule has 2 aromatic heterocycles. The van der Waals surface area contributed by atoms with Gasteiger partial charge in [0.15, 0.2) is 0 Å². The van der Waals surface area contributed by atoms with Crippen LogP contribution in [0.25, 0.3) is 0 Å². The number of hydrogen-bond donors (Lipinski definition) is 0. The zero-order valence-electron chi connectivity index (χ0n) is 11.8. The molecule has 0 amide bonds. The van der Waals surface area contributed by atoms with Crippen LogP contribution in [0.15, 0.2) is 47.1 Å². The summed E-state index contributed by atoms with van der Waals surface area (Å²) in [6.45, 7) is 0.137. The van der Waals surface area contributed by atoms with Crippen LogP contribution in [0.3, 0.4) is 0 Å². The zero-order valence-corrected chi connectivity index (χ0v) is 13.3. The van der Waals surface area contributed by atoms with E-state index in [4.69, 9.17) is 25.5 Å². The van der Waals surface area contributed by atoms with Gasteiger partial charge in [-0.25, -0.2) is 4.79 Å². The van der Waals surface area contributed by atoms with Gasteiger partial charge in [-0.05, 0) is 18.2 Å². The predicted octanol–water partition coefficient (Wildman–Crippen LogP) is 3.72. The molecule has 0 saturated carbocycles. The molecule has 23 heavy (non-hydrogen) atoms. The molecule has 8 heteroatoms. The van der Waals surface area contributed by atoms with Crippen molar-refractivity contribution in [2.45, 2.75) is 13.2 Å². The van der Waals surface area contributed by atoms with E-state index in [-0.39, 0.29) is 19.0 Å². The highest BCUT2D eigenvalue weighted by Gasteiger charge is 2.19. The first-order valence-corrected chi connectivity index (χ1v) is 7.77. The molecular formula is C15H11ClN2O4S. The topological polar surface area (TPSA) is 74.5 Å². The summed E-state index contributed by atoms with van der Waals surface area (Å²) in [6, 6.07) is 10.9. The molecule has 0 radical (unpaired) electrons. The number of furan rings is 1. The van der Waals surface area contributed by atoms with E-state index in [0.717, 1.165) is 11.5 Å². The number of aromatic nitrogens is 2. The number of benzene rings is 1. The highest BCUT2D eigenvalue weighted by atomic mass is 35.5. The van der Waals surface area contributed by atoms with Crippen LogP contribution < -0.4 is 4.74 Å². The molecular weight excluding hydrogens is 340 g/mol. The Hall–Kier alpha value is -2.38. The van der Waals surface area contributed by atoms with Crippen molar-refractivity contribution in [3.8, 4) is 5.75 Å². The number of halogens is 1. The molecule has 6 nitrogen and oxygen atoms in total. The Morgan fingerprint density at radius 2 is 2.04 bits per heavy atom. The third kappa shape index (κ3) is 3.88. The van der Waals surface area contributed by atoms with Gasteiger partial charge in [0.2, 0.25) is 5.76 Å².